The van der Waals surface area contributed by atoms with Crippen LogP contribution >= 0.6 is 12.2 Å². The van der Waals surface area contributed by atoms with E-state index in [0.717, 1.165) is 11.6 Å². The van der Waals surface area contributed by atoms with Gasteiger partial charge in [-0.15, -0.1) is 5.10 Å². The minimum atomic E-state index is 0.556. The van der Waals surface area contributed by atoms with Crippen molar-refractivity contribution in [3.8, 4) is 5.69 Å². The first-order valence-corrected chi connectivity index (χ1v) is 8.14. The van der Waals surface area contributed by atoms with Gasteiger partial charge in [0.1, 0.15) is 0 Å². The first kappa shape index (κ1) is 14.3. The third-order valence-electron chi connectivity index (χ3n) is 4.36. The normalized spacial score (nSPS) is 16.6. The van der Waals surface area contributed by atoms with Crippen molar-refractivity contribution in [2.24, 2.45) is 0 Å². The molecule has 1 aromatic heterocycles. The zero-order valence-electron chi connectivity index (χ0n) is 12.5. The van der Waals surface area contributed by atoms with Gasteiger partial charge < -0.3 is 4.90 Å². The summed E-state index contributed by atoms with van der Waals surface area (Å²) in [5.74, 6) is 0.915. The Morgan fingerprint density at radius 1 is 1.14 bits per heavy atom. The summed E-state index contributed by atoms with van der Waals surface area (Å²) in [6.45, 7) is 0. The molecule has 1 N–H and O–H groups in total. The van der Waals surface area contributed by atoms with E-state index in [1.807, 2.05) is 22.8 Å². The van der Waals surface area contributed by atoms with Crippen LogP contribution in [0, 0.1) is 4.77 Å². The van der Waals surface area contributed by atoms with Crippen LogP contribution in [0.4, 0.5) is 5.95 Å². The number of aromatic amines is 1. The molecule has 112 valence electrons. The zero-order valence-corrected chi connectivity index (χ0v) is 13.3. The predicted molar refractivity (Wildman–Crippen MR) is 88.6 cm³/mol. The number of H-pyrrole nitrogens is 1. The molecule has 0 amide bonds. The van der Waals surface area contributed by atoms with E-state index in [4.69, 9.17) is 12.2 Å². The molecular formula is C16H22N4S. The third-order valence-corrected chi connectivity index (χ3v) is 4.63. The Bertz CT molecular complexity index is 623. The highest BCUT2D eigenvalue weighted by molar-refractivity contribution is 7.71. The van der Waals surface area contributed by atoms with Gasteiger partial charge in [0.25, 0.3) is 0 Å². The van der Waals surface area contributed by atoms with Crippen LogP contribution in [0.2, 0.25) is 0 Å². The quantitative estimate of drug-likeness (QED) is 0.685. The molecule has 0 saturated heterocycles. The van der Waals surface area contributed by atoms with E-state index in [1.165, 1.54) is 38.5 Å². The molecule has 1 aliphatic rings. The Morgan fingerprint density at radius 3 is 2.48 bits per heavy atom. The molecule has 0 aliphatic heterocycles. The second-order valence-corrected chi connectivity index (χ2v) is 6.14. The van der Waals surface area contributed by atoms with Crippen LogP contribution in [-0.2, 0) is 0 Å². The van der Waals surface area contributed by atoms with E-state index in [2.05, 4.69) is 34.3 Å². The van der Waals surface area contributed by atoms with Gasteiger partial charge in [0.2, 0.25) is 10.7 Å². The van der Waals surface area contributed by atoms with Gasteiger partial charge in [-0.25, -0.2) is 5.10 Å². The number of nitrogens with one attached hydrogen (secondary N) is 1. The Hall–Kier alpha value is -1.62. The van der Waals surface area contributed by atoms with Gasteiger partial charge in [-0.2, -0.15) is 0 Å². The summed E-state index contributed by atoms with van der Waals surface area (Å²) in [5.41, 5.74) is 1.06. The number of rotatable bonds is 3. The third kappa shape index (κ3) is 3.02. The molecule has 5 heteroatoms. The summed E-state index contributed by atoms with van der Waals surface area (Å²) in [5, 5.41) is 7.42. The molecule has 21 heavy (non-hydrogen) atoms. The smallest absolute Gasteiger partial charge is 0.230 e. The molecule has 2 aromatic rings. The lowest BCUT2D eigenvalue weighted by Crippen LogP contribution is -2.33. The molecule has 4 nitrogen and oxygen atoms in total. The molecule has 1 aliphatic carbocycles. The average molecular weight is 302 g/mol. The highest BCUT2D eigenvalue weighted by atomic mass is 32.1. The Kier molecular flexibility index (Phi) is 4.39. The van der Waals surface area contributed by atoms with E-state index in [1.54, 1.807) is 0 Å². The van der Waals surface area contributed by atoms with Crippen molar-refractivity contribution < 1.29 is 0 Å². The number of benzene rings is 1. The summed E-state index contributed by atoms with van der Waals surface area (Å²) in [6.07, 6.45) is 7.82. The Morgan fingerprint density at radius 2 is 1.81 bits per heavy atom. The number of hydrogen-bond acceptors (Lipinski definition) is 3. The fourth-order valence-corrected chi connectivity index (χ4v) is 3.38. The van der Waals surface area contributed by atoms with Crippen molar-refractivity contribution in [3.63, 3.8) is 0 Å². The van der Waals surface area contributed by atoms with Gasteiger partial charge in [-0.3, -0.25) is 4.57 Å². The Labute approximate surface area is 130 Å². The van der Waals surface area contributed by atoms with Crippen LogP contribution in [0.25, 0.3) is 5.69 Å². The van der Waals surface area contributed by atoms with Crippen molar-refractivity contribution in [2.45, 2.75) is 44.6 Å². The van der Waals surface area contributed by atoms with E-state index in [-0.39, 0.29) is 0 Å². The maximum Gasteiger partial charge on any atom is 0.230 e. The minimum absolute atomic E-state index is 0.556. The monoisotopic (exact) mass is 302 g/mol. The maximum absolute atomic E-state index is 5.42. The molecule has 0 atom stereocenters. The van der Waals surface area contributed by atoms with Gasteiger partial charge in [0.05, 0.1) is 5.69 Å². The van der Waals surface area contributed by atoms with E-state index in [9.17, 15) is 0 Å². The lowest BCUT2D eigenvalue weighted by Gasteiger charge is -2.28. The van der Waals surface area contributed by atoms with Gasteiger partial charge in [-0.05, 0) is 37.2 Å². The summed E-state index contributed by atoms with van der Waals surface area (Å²) >= 11 is 5.42. The molecule has 0 radical (unpaired) electrons. The second-order valence-electron chi connectivity index (χ2n) is 5.76. The van der Waals surface area contributed by atoms with Gasteiger partial charge in [0, 0.05) is 13.1 Å². The van der Waals surface area contributed by atoms with Crippen LogP contribution in [0.15, 0.2) is 30.3 Å². The number of nitrogens with zero attached hydrogens (tertiary/aromatic N) is 3. The van der Waals surface area contributed by atoms with Crippen LogP contribution in [0.5, 0.6) is 0 Å². The SMILES string of the molecule is CN(c1n[nH]c(=S)n1-c1ccccc1)C1CCCCCC1. The first-order chi connectivity index (χ1) is 10.3. The predicted octanol–water partition coefficient (Wildman–Crippen LogP) is 4.09. The first-order valence-electron chi connectivity index (χ1n) is 7.73. The molecule has 1 heterocycles. The zero-order chi connectivity index (χ0) is 14.7. The van der Waals surface area contributed by atoms with Crippen molar-refractivity contribution in [1.29, 1.82) is 0 Å². The number of aromatic nitrogens is 3. The minimum Gasteiger partial charge on any atom is -0.341 e. The van der Waals surface area contributed by atoms with Crippen LogP contribution in [0.3, 0.4) is 0 Å². The molecular weight excluding hydrogens is 280 g/mol. The van der Waals surface area contributed by atoms with Crippen molar-refractivity contribution in [3.05, 3.63) is 35.1 Å². The number of hydrogen-bond donors (Lipinski definition) is 1. The van der Waals surface area contributed by atoms with Crippen molar-refractivity contribution in [1.82, 2.24) is 14.8 Å². The lowest BCUT2D eigenvalue weighted by atomic mass is 10.1. The second kappa shape index (κ2) is 6.43. The van der Waals surface area contributed by atoms with Gasteiger partial charge >= 0.3 is 0 Å². The molecule has 1 saturated carbocycles. The van der Waals surface area contributed by atoms with Crippen molar-refractivity contribution in [2.75, 3.05) is 11.9 Å². The standard InChI is InChI=1S/C16H22N4S/c1-19(13-9-5-2-3-6-10-13)15-17-18-16(21)20(15)14-11-7-4-8-12-14/h4,7-8,11-13H,2-3,5-6,9-10H2,1H3,(H,18,21). The molecule has 0 bridgehead atoms. The van der Waals surface area contributed by atoms with Crippen LogP contribution in [0.1, 0.15) is 38.5 Å². The summed E-state index contributed by atoms with van der Waals surface area (Å²) in [6, 6.07) is 10.8. The lowest BCUT2D eigenvalue weighted by molar-refractivity contribution is 0.542. The fraction of sp³-hybridized carbons (Fsp3) is 0.500. The highest BCUT2D eigenvalue weighted by Crippen LogP contribution is 2.26. The topological polar surface area (TPSA) is 36.9 Å². The fourth-order valence-electron chi connectivity index (χ4n) is 3.14. The molecule has 0 unspecified atom stereocenters. The number of para-hydroxylation sites is 1. The number of anilines is 1. The summed E-state index contributed by atoms with van der Waals surface area (Å²) in [4.78, 5) is 2.30. The van der Waals surface area contributed by atoms with Crippen molar-refractivity contribution >= 4 is 18.2 Å². The summed E-state index contributed by atoms with van der Waals surface area (Å²) in [7, 11) is 2.14. The van der Waals surface area contributed by atoms with Crippen LogP contribution < -0.4 is 4.90 Å². The highest BCUT2D eigenvalue weighted by Gasteiger charge is 2.21. The van der Waals surface area contributed by atoms with Crippen LogP contribution in [-0.4, -0.2) is 27.9 Å². The van der Waals surface area contributed by atoms with E-state index >= 15 is 0 Å². The van der Waals surface area contributed by atoms with E-state index in [0.29, 0.717) is 10.8 Å². The Balaban J connectivity index is 1.94. The molecule has 1 fully saturated rings. The van der Waals surface area contributed by atoms with Gasteiger partial charge in [0.15, 0.2) is 0 Å². The largest absolute Gasteiger partial charge is 0.341 e. The van der Waals surface area contributed by atoms with E-state index < -0.39 is 0 Å². The van der Waals surface area contributed by atoms with Gasteiger partial charge in [-0.1, -0.05) is 43.9 Å². The maximum atomic E-state index is 5.42. The summed E-state index contributed by atoms with van der Waals surface area (Å²) < 4.78 is 2.68. The molecule has 0 spiro atoms. The average Bonchev–Trinajstić information content (AvgIpc) is 2.74. The molecule has 1 aromatic carbocycles. The molecule has 3 rings (SSSR count).